The third kappa shape index (κ3) is 2.94. The Balaban J connectivity index is 2.54. The molecule has 80 valence electrons. The lowest BCUT2D eigenvalue weighted by atomic mass is 10.1. The SMILES string of the molecule is CC(C#N)S(=O)(=O)NC1CCNCC1. The molecule has 5 nitrogen and oxygen atoms in total. The summed E-state index contributed by atoms with van der Waals surface area (Å²) in [6, 6.07) is 1.71. The number of nitrogens with one attached hydrogen (secondary N) is 2. The van der Waals surface area contributed by atoms with E-state index in [-0.39, 0.29) is 6.04 Å². The molecule has 1 saturated heterocycles. The van der Waals surface area contributed by atoms with E-state index in [0.29, 0.717) is 0 Å². The summed E-state index contributed by atoms with van der Waals surface area (Å²) >= 11 is 0. The Bertz CT molecular complexity index is 314. The summed E-state index contributed by atoms with van der Waals surface area (Å²) in [5.74, 6) is 0. The van der Waals surface area contributed by atoms with Gasteiger partial charge in [0.2, 0.25) is 10.0 Å². The highest BCUT2D eigenvalue weighted by Crippen LogP contribution is 2.06. The van der Waals surface area contributed by atoms with Gasteiger partial charge in [-0.3, -0.25) is 0 Å². The predicted molar refractivity (Wildman–Crippen MR) is 53.0 cm³/mol. The van der Waals surface area contributed by atoms with Gasteiger partial charge in [0, 0.05) is 6.04 Å². The van der Waals surface area contributed by atoms with Crippen LogP contribution in [0.15, 0.2) is 0 Å². The Morgan fingerprint density at radius 2 is 2.07 bits per heavy atom. The third-order valence-electron chi connectivity index (χ3n) is 2.32. The van der Waals surface area contributed by atoms with Crippen LogP contribution in [0.1, 0.15) is 19.8 Å². The molecule has 6 heteroatoms. The maximum atomic E-state index is 11.5. The average molecular weight is 217 g/mol. The van der Waals surface area contributed by atoms with Gasteiger partial charge in [-0.2, -0.15) is 5.26 Å². The van der Waals surface area contributed by atoms with Gasteiger partial charge in [0.1, 0.15) is 0 Å². The number of hydrogen-bond donors (Lipinski definition) is 2. The van der Waals surface area contributed by atoms with Crippen LogP contribution in [-0.4, -0.2) is 32.8 Å². The Morgan fingerprint density at radius 3 is 2.57 bits per heavy atom. The van der Waals surface area contributed by atoms with E-state index in [9.17, 15) is 8.42 Å². The Labute approximate surface area is 84.5 Å². The van der Waals surface area contributed by atoms with E-state index in [0.717, 1.165) is 25.9 Å². The van der Waals surface area contributed by atoms with Crippen molar-refractivity contribution in [3.05, 3.63) is 0 Å². The molecular weight excluding hydrogens is 202 g/mol. The summed E-state index contributed by atoms with van der Waals surface area (Å²) in [5, 5.41) is 10.7. The maximum Gasteiger partial charge on any atom is 0.227 e. The molecule has 0 saturated carbocycles. The van der Waals surface area contributed by atoms with E-state index >= 15 is 0 Å². The van der Waals surface area contributed by atoms with Gasteiger partial charge in [-0.05, 0) is 32.9 Å². The molecule has 1 rings (SSSR count). The number of nitriles is 1. The zero-order chi connectivity index (χ0) is 10.6. The lowest BCUT2D eigenvalue weighted by Gasteiger charge is -2.23. The van der Waals surface area contributed by atoms with Crippen LogP contribution in [0, 0.1) is 11.3 Å². The molecule has 1 unspecified atom stereocenters. The highest BCUT2D eigenvalue weighted by Gasteiger charge is 2.24. The molecule has 1 aliphatic rings. The molecule has 1 atom stereocenters. The lowest BCUT2D eigenvalue weighted by molar-refractivity contribution is 0.426. The molecule has 14 heavy (non-hydrogen) atoms. The maximum absolute atomic E-state index is 11.5. The number of sulfonamides is 1. The molecule has 0 aliphatic carbocycles. The van der Waals surface area contributed by atoms with Crippen LogP contribution in [0.3, 0.4) is 0 Å². The Kier molecular flexibility index (Phi) is 3.86. The number of nitrogens with zero attached hydrogens (tertiary/aromatic N) is 1. The molecule has 0 bridgehead atoms. The second-order valence-corrected chi connectivity index (χ2v) is 5.49. The fourth-order valence-electron chi connectivity index (χ4n) is 1.34. The van der Waals surface area contributed by atoms with Gasteiger partial charge in [0.15, 0.2) is 5.25 Å². The number of piperidine rings is 1. The van der Waals surface area contributed by atoms with Crippen LogP contribution in [0.2, 0.25) is 0 Å². The van der Waals surface area contributed by atoms with Gasteiger partial charge < -0.3 is 5.32 Å². The normalized spacial score (nSPS) is 21.4. The monoisotopic (exact) mass is 217 g/mol. The standard InChI is InChI=1S/C8H15N3O2S/c1-7(6-9)14(12,13)11-8-2-4-10-5-3-8/h7-8,10-11H,2-5H2,1H3. The third-order valence-corrected chi connectivity index (χ3v) is 4.02. The first-order chi connectivity index (χ1) is 6.56. The van der Waals surface area contributed by atoms with Gasteiger partial charge in [0.25, 0.3) is 0 Å². The highest BCUT2D eigenvalue weighted by atomic mass is 32.2. The predicted octanol–water partition coefficient (Wildman–Crippen LogP) is -0.430. The Hall–Kier alpha value is -0.640. The molecule has 0 amide bonds. The van der Waals surface area contributed by atoms with E-state index < -0.39 is 15.3 Å². The van der Waals surface area contributed by atoms with Crippen molar-refractivity contribution in [2.24, 2.45) is 0 Å². The van der Waals surface area contributed by atoms with E-state index in [2.05, 4.69) is 10.0 Å². The van der Waals surface area contributed by atoms with Crippen molar-refractivity contribution in [2.75, 3.05) is 13.1 Å². The first-order valence-corrected chi connectivity index (χ1v) is 6.22. The number of rotatable bonds is 3. The van der Waals surface area contributed by atoms with E-state index in [4.69, 9.17) is 5.26 Å². The molecule has 0 aromatic rings. The fourth-order valence-corrected chi connectivity index (χ4v) is 2.39. The first kappa shape index (κ1) is 11.4. The summed E-state index contributed by atoms with van der Waals surface area (Å²) in [6.45, 7) is 3.05. The summed E-state index contributed by atoms with van der Waals surface area (Å²) in [5.41, 5.74) is 0. The van der Waals surface area contributed by atoms with Crippen molar-refractivity contribution < 1.29 is 8.42 Å². The second-order valence-electron chi connectivity index (χ2n) is 3.46. The van der Waals surface area contributed by atoms with Crippen molar-refractivity contribution in [3.8, 4) is 6.07 Å². The van der Waals surface area contributed by atoms with Crippen molar-refractivity contribution in [1.29, 1.82) is 5.26 Å². The topological polar surface area (TPSA) is 82.0 Å². The summed E-state index contributed by atoms with van der Waals surface area (Å²) < 4.78 is 25.5. The summed E-state index contributed by atoms with van der Waals surface area (Å²) in [7, 11) is -3.45. The number of hydrogen-bond acceptors (Lipinski definition) is 4. The van der Waals surface area contributed by atoms with Gasteiger partial charge in [-0.15, -0.1) is 0 Å². The molecule has 1 heterocycles. The van der Waals surface area contributed by atoms with E-state index in [1.54, 1.807) is 6.07 Å². The van der Waals surface area contributed by atoms with Gasteiger partial charge in [0.05, 0.1) is 6.07 Å². The molecule has 0 aromatic carbocycles. The zero-order valence-electron chi connectivity index (χ0n) is 8.16. The van der Waals surface area contributed by atoms with Crippen LogP contribution >= 0.6 is 0 Å². The van der Waals surface area contributed by atoms with Crippen LogP contribution in [0.4, 0.5) is 0 Å². The minimum Gasteiger partial charge on any atom is -0.317 e. The quantitative estimate of drug-likeness (QED) is 0.672. The molecule has 1 fully saturated rings. The molecule has 0 aromatic heterocycles. The second kappa shape index (κ2) is 4.73. The smallest absolute Gasteiger partial charge is 0.227 e. The lowest BCUT2D eigenvalue weighted by Crippen LogP contribution is -2.45. The minimum atomic E-state index is -3.45. The van der Waals surface area contributed by atoms with Crippen molar-refractivity contribution in [1.82, 2.24) is 10.0 Å². The minimum absolute atomic E-state index is 0.0166. The molecule has 2 N–H and O–H groups in total. The van der Waals surface area contributed by atoms with Crippen LogP contribution in [0.5, 0.6) is 0 Å². The van der Waals surface area contributed by atoms with Crippen molar-refractivity contribution in [2.45, 2.75) is 31.1 Å². The molecule has 1 aliphatic heterocycles. The van der Waals surface area contributed by atoms with Gasteiger partial charge >= 0.3 is 0 Å². The fraction of sp³-hybridized carbons (Fsp3) is 0.875. The van der Waals surface area contributed by atoms with Gasteiger partial charge in [-0.25, -0.2) is 13.1 Å². The van der Waals surface area contributed by atoms with E-state index in [1.807, 2.05) is 0 Å². The van der Waals surface area contributed by atoms with Crippen molar-refractivity contribution in [3.63, 3.8) is 0 Å². The summed E-state index contributed by atoms with van der Waals surface area (Å²) in [4.78, 5) is 0. The van der Waals surface area contributed by atoms with Crippen LogP contribution in [-0.2, 0) is 10.0 Å². The largest absolute Gasteiger partial charge is 0.317 e. The van der Waals surface area contributed by atoms with E-state index in [1.165, 1.54) is 6.92 Å². The zero-order valence-corrected chi connectivity index (χ0v) is 8.97. The van der Waals surface area contributed by atoms with Gasteiger partial charge in [-0.1, -0.05) is 0 Å². The first-order valence-electron chi connectivity index (χ1n) is 4.68. The van der Waals surface area contributed by atoms with Crippen LogP contribution < -0.4 is 10.0 Å². The van der Waals surface area contributed by atoms with Crippen molar-refractivity contribution >= 4 is 10.0 Å². The summed E-state index contributed by atoms with van der Waals surface area (Å²) in [6.07, 6.45) is 1.58. The molecular formula is C8H15N3O2S. The Morgan fingerprint density at radius 1 is 1.50 bits per heavy atom. The molecule has 0 radical (unpaired) electrons. The highest BCUT2D eigenvalue weighted by molar-refractivity contribution is 7.90. The van der Waals surface area contributed by atoms with Crippen LogP contribution in [0.25, 0.3) is 0 Å². The average Bonchev–Trinajstić information content (AvgIpc) is 2.17. The molecule has 0 spiro atoms.